The van der Waals surface area contributed by atoms with Crippen LogP contribution in [-0.4, -0.2) is 18.4 Å². The van der Waals surface area contributed by atoms with E-state index in [0.29, 0.717) is 18.2 Å². The lowest BCUT2D eigenvalue weighted by Crippen LogP contribution is -2.06. The lowest BCUT2D eigenvalue weighted by Gasteiger charge is -2.10. The predicted molar refractivity (Wildman–Crippen MR) is 244 cm³/mol. The third kappa shape index (κ3) is 6.57. The first-order valence-electron chi connectivity index (χ1n) is 19.5. The maximum Gasteiger partial charge on any atom is 0.161 e. The Morgan fingerprint density at radius 3 is 1.90 bits per heavy atom. The van der Waals surface area contributed by atoms with Gasteiger partial charge in [0.05, 0.1) is 6.54 Å². The summed E-state index contributed by atoms with van der Waals surface area (Å²) in [5.74, 6) is 1.05. The van der Waals surface area contributed by atoms with Gasteiger partial charge in [-0.15, -0.1) is 0 Å². The normalized spacial score (nSPS) is 12.1. The molecule has 9 aromatic carbocycles. The molecule has 0 saturated heterocycles. The van der Waals surface area contributed by atoms with Crippen LogP contribution in [0.15, 0.2) is 220 Å². The number of amidine groups is 2. The van der Waals surface area contributed by atoms with E-state index in [1.165, 1.54) is 21.5 Å². The fraction of sp³-hybridized carbons (Fsp3) is 0.0185. The van der Waals surface area contributed by atoms with Crippen molar-refractivity contribution in [2.24, 2.45) is 15.0 Å². The fourth-order valence-electron chi connectivity index (χ4n) is 8.00. The summed E-state index contributed by atoms with van der Waals surface area (Å²) < 4.78 is 6.78. The van der Waals surface area contributed by atoms with Crippen LogP contribution in [0.2, 0.25) is 0 Å². The number of rotatable bonds is 7. The first-order chi connectivity index (χ1) is 28.7. The van der Waals surface area contributed by atoms with Crippen LogP contribution in [0.4, 0.5) is 0 Å². The summed E-state index contributed by atoms with van der Waals surface area (Å²) >= 11 is 0. The van der Waals surface area contributed by atoms with Crippen molar-refractivity contribution in [1.82, 2.24) is 0 Å². The molecule has 10 aromatic rings. The maximum atomic E-state index is 6.78. The van der Waals surface area contributed by atoms with Crippen LogP contribution in [0.1, 0.15) is 16.7 Å². The Hall–Kier alpha value is -7.69. The number of hydrogen-bond donors (Lipinski definition) is 0. The Bertz CT molecular complexity index is 3200. The van der Waals surface area contributed by atoms with Gasteiger partial charge in [-0.1, -0.05) is 170 Å². The van der Waals surface area contributed by atoms with E-state index in [0.717, 1.165) is 72.0 Å². The van der Waals surface area contributed by atoms with Crippen LogP contribution < -0.4 is 0 Å². The molecule has 10 rings (SSSR count). The van der Waals surface area contributed by atoms with Crippen LogP contribution in [0.25, 0.3) is 76.9 Å². The average Bonchev–Trinajstić information content (AvgIpc) is 3.69. The molecular weight excluding hydrogens is 707 g/mol. The van der Waals surface area contributed by atoms with Gasteiger partial charge in [0, 0.05) is 27.5 Å². The molecule has 0 fully saturated rings. The molecule has 0 aliphatic carbocycles. The van der Waals surface area contributed by atoms with Crippen molar-refractivity contribution in [2.75, 3.05) is 0 Å². The van der Waals surface area contributed by atoms with Gasteiger partial charge in [-0.3, -0.25) is 4.99 Å². The molecule has 0 aliphatic heterocycles. The SMILES string of the molecule is C=N/C(=N\C(=N/Cc1cccc(-c2ccc3ccc4ccccc4c3c2)c1)c1cccc2oc3c(-c4ccccc4)cc(-c4ccccc4)cc3c12)c1ccccc1. The number of aliphatic imine (C=N–C) groups is 3. The van der Waals surface area contributed by atoms with Crippen molar-refractivity contribution in [3.05, 3.63) is 217 Å². The predicted octanol–water partition coefficient (Wildman–Crippen LogP) is 14.0. The molecule has 274 valence electrons. The van der Waals surface area contributed by atoms with E-state index in [4.69, 9.17) is 14.4 Å². The second kappa shape index (κ2) is 15.1. The van der Waals surface area contributed by atoms with Crippen molar-refractivity contribution in [3.63, 3.8) is 0 Å². The van der Waals surface area contributed by atoms with Gasteiger partial charge < -0.3 is 4.42 Å². The van der Waals surface area contributed by atoms with Crippen molar-refractivity contribution in [1.29, 1.82) is 0 Å². The van der Waals surface area contributed by atoms with Crippen LogP contribution in [0.5, 0.6) is 0 Å². The lowest BCUT2D eigenvalue weighted by atomic mass is 9.95. The summed E-state index contributed by atoms with van der Waals surface area (Å²) in [6, 6.07) is 69.7. The van der Waals surface area contributed by atoms with E-state index in [2.05, 4.69) is 157 Å². The van der Waals surface area contributed by atoms with Gasteiger partial charge >= 0.3 is 0 Å². The summed E-state index contributed by atoms with van der Waals surface area (Å²) in [4.78, 5) is 14.9. The molecule has 4 nitrogen and oxygen atoms in total. The van der Waals surface area contributed by atoms with Gasteiger partial charge in [0.25, 0.3) is 0 Å². The van der Waals surface area contributed by atoms with Crippen molar-refractivity contribution in [2.45, 2.75) is 6.54 Å². The molecule has 0 radical (unpaired) electrons. The zero-order valence-corrected chi connectivity index (χ0v) is 31.7. The molecule has 4 heteroatoms. The Labute approximate surface area is 336 Å². The minimum Gasteiger partial charge on any atom is -0.455 e. The second-order valence-electron chi connectivity index (χ2n) is 14.4. The summed E-state index contributed by atoms with van der Waals surface area (Å²) in [7, 11) is 0. The molecular formula is C54H37N3O. The molecule has 1 aromatic heterocycles. The number of hydrogen-bond acceptors (Lipinski definition) is 2. The largest absolute Gasteiger partial charge is 0.455 e. The topological polar surface area (TPSA) is 50.2 Å². The first-order valence-corrected chi connectivity index (χ1v) is 19.5. The minimum absolute atomic E-state index is 0.402. The van der Waals surface area contributed by atoms with Crippen LogP contribution in [0, 0.1) is 0 Å². The van der Waals surface area contributed by atoms with E-state index >= 15 is 0 Å². The Kier molecular flexibility index (Phi) is 9.05. The zero-order chi connectivity index (χ0) is 38.8. The van der Waals surface area contributed by atoms with Crippen LogP contribution in [-0.2, 0) is 6.54 Å². The lowest BCUT2D eigenvalue weighted by molar-refractivity contribution is 0.670. The van der Waals surface area contributed by atoms with Crippen molar-refractivity contribution in [3.8, 4) is 33.4 Å². The molecule has 1 heterocycles. The smallest absolute Gasteiger partial charge is 0.161 e. The van der Waals surface area contributed by atoms with Crippen LogP contribution in [0.3, 0.4) is 0 Å². The fourth-order valence-corrected chi connectivity index (χ4v) is 8.00. The van der Waals surface area contributed by atoms with Crippen LogP contribution >= 0.6 is 0 Å². The highest BCUT2D eigenvalue weighted by atomic mass is 16.3. The van der Waals surface area contributed by atoms with E-state index in [1.54, 1.807) is 0 Å². The number of fused-ring (bicyclic) bond motifs is 6. The molecule has 0 spiro atoms. The van der Waals surface area contributed by atoms with Gasteiger partial charge in [-0.05, 0) is 92.0 Å². The third-order valence-corrected chi connectivity index (χ3v) is 10.8. The van der Waals surface area contributed by atoms with Gasteiger partial charge in [0.1, 0.15) is 11.2 Å². The Morgan fingerprint density at radius 1 is 0.466 bits per heavy atom. The molecule has 0 saturated carbocycles. The molecule has 0 bridgehead atoms. The molecule has 0 N–H and O–H groups in total. The number of nitrogens with zero attached hydrogens (tertiary/aromatic N) is 3. The number of benzene rings is 9. The van der Waals surface area contributed by atoms with E-state index in [9.17, 15) is 0 Å². The molecule has 0 aliphatic rings. The summed E-state index contributed by atoms with van der Waals surface area (Å²) in [5.41, 5.74) is 11.0. The van der Waals surface area contributed by atoms with E-state index in [1.807, 2.05) is 54.6 Å². The quantitative estimate of drug-likeness (QED) is 0.0911. The van der Waals surface area contributed by atoms with Gasteiger partial charge in [-0.2, -0.15) is 0 Å². The van der Waals surface area contributed by atoms with Gasteiger partial charge in [0.15, 0.2) is 11.7 Å². The highest BCUT2D eigenvalue weighted by molar-refractivity contribution is 6.23. The maximum absolute atomic E-state index is 6.78. The molecule has 0 atom stereocenters. The highest BCUT2D eigenvalue weighted by Gasteiger charge is 2.20. The monoisotopic (exact) mass is 743 g/mol. The molecule has 58 heavy (non-hydrogen) atoms. The summed E-state index contributed by atoms with van der Waals surface area (Å²) in [6.07, 6.45) is 0. The highest BCUT2D eigenvalue weighted by Crippen LogP contribution is 2.41. The molecule has 0 amide bonds. The Morgan fingerprint density at radius 2 is 1.10 bits per heavy atom. The van der Waals surface area contributed by atoms with Crippen molar-refractivity contribution >= 4 is 61.9 Å². The standard InChI is InChI=1S/C54H37N3O/c1-55-53(41-21-9-4-10-22-41)57-54(56-35-36-15-13-23-42(31-36)43-30-29-40-28-27-39-20-11-12-24-45(39)47(40)32-43)46-25-14-26-50-51(46)49-34-44(37-16-5-2-6-17-37)33-48(52(49)58-50)38-18-7-3-8-19-38/h2-34H,1,35H2/b56-54-,57-53-. The van der Waals surface area contributed by atoms with Crippen molar-refractivity contribution < 1.29 is 4.42 Å². The van der Waals surface area contributed by atoms with Gasteiger partial charge in [0.2, 0.25) is 0 Å². The summed E-state index contributed by atoms with van der Waals surface area (Å²) in [6.45, 7) is 4.33. The Balaban J connectivity index is 1.14. The van der Waals surface area contributed by atoms with Gasteiger partial charge in [-0.25, -0.2) is 9.98 Å². The zero-order valence-electron chi connectivity index (χ0n) is 31.7. The average molecular weight is 744 g/mol. The second-order valence-corrected chi connectivity index (χ2v) is 14.4. The summed E-state index contributed by atoms with van der Waals surface area (Å²) in [5, 5.41) is 6.90. The van der Waals surface area contributed by atoms with E-state index < -0.39 is 0 Å². The first kappa shape index (κ1) is 34.8. The third-order valence-electron chi connectivity index (χ3n) is 10.8. The number of furan rings is 1. The molecule has 0 unspecified atom stereocenters. The van der Waals surface area contributed by atoms with E-state index in [-0.39, 0.29) is 0 Å². The minimum atomic E-state index is 0.402.